The van der Waals surface area contributed by atoms with E-state index < -0.39 is 0 Å². The summed E-state index contributed by atoms with van der Waals surface area (Å²) in [7, 11) is -0.235. The van der Waals surface area contributed by atoms with Crippen molar-refractivity contribution in [1.29, 1.82) is 0 Å². The van der Waals surface area contributed by atoms with Crippen LogP contribution in [-0.2, 0) is 20.3 Å². The third kappa shape index (κ3) is 10.3. The highest BCUT2D eigenvalue weighted by atomic mass is 32.2. The first kappa shape index (κ1) is 29.2. The van der Waals surface area contributed by atoms with Crippen LogP contribution in [0.5, 0.6) is 0 Å². The number of amides is 1. The molecule has 1 amide bonds. The summed E-state index contributed by atoms with van der Waals surface area (Å²) < 4.78 is 4.80. The molecule has 3 N–H and O–H groups in total. The van der Waals surface area contributed by atoms with Gasteiger partial charge in [-0.15, -0.1) is 13.2 Å². The molecule has 3 aromatic rings. The van der Waals surface area contributed by atoms with Gasteiger partial charge in [0.2, 0.25) is 11.9 Å². The number of rotatable bonds is 8. The molecule has 3 rings (SSSR count). The maximum absolute atomic E-state index is 11.0. The molecule has 0 saturated heterocycles. The fourth-order valence-corrected chi connectivity index (χ4v) is 3.85. The topological polar surface area (TPSA) is 108 Å². The van der Waals surface area contributed by atoms with Gasteiger partial charge in [0, 0.05) is 42.4 Å². The molecule has 0 saturated carbocycles. The van der Waals surface area contributed by atoms with Crippen LogP contribution < -0.4 is 16.0 Å². The summed E-state index contributed by atoms with van der Waals surface area (Å²) in [6.45, 7) is 14.6. The molecule has 9 heteroatoms. The highest BCUT2D eigenvalue weighted by molar-refractivity contribution is 7.86. The minimum Gasteiger partial charge on any atom is -0.368 e. The summed E-state index contributed by atoms with van der Waals surface area (Å²) in [5.41, 5.74) is 4.07. The summed E-state index contributed by atoms with van der Waals surface area (Å²) in [5, 5.41) is 9.22. The summed E-state index contributed by atoms with van der Waals surface area (Å²) in [4.78, 5) is 29.0. The van der Waals surface area contributed by atoms with Crippen molar-refractivity contribution in [3.05, 3.63) is 79.0 Å². The number of anilines is 3. The minimum absolute atomic E-state index is 0.0476. The number of nitrogens with one attached hydrogen (secondary N) is 3. The molecule has 8 nitrogen and oxygen atoms in total. The molecule has 0 aliphatic carbocycles. The van der Waals surface area contributed by atoms with Crippen molar-refractivity contribution >= 4 is 46.5 Å². The number of hydrogen-bond acceptors (Lipinski definition) is 7. The van der Waals surface area contributed by atoms with Crippen LogP contribution in [0.2, 0.25) is 0 Å². The number of aryl methyl sites for hydroxylation is 2. The van der Waals surface area contributed by atoms with E-state index in [0.717, 1.165) is 27.7 Å². The van der Waals surface area contributed by atoms with E-state index in [9.17, 15) is 4.79 Å². The Morgan fingerprint density at radius 3 is 2.23 bits per heavy atom. The fraction of sp³-hybridized carbons (Fsp3) is 0.231. The van der Waals surface area contributed by atoms with Gasteiger partial charge in [-0.05, 0) is 56.5 Å². The molecule has 1 atom stereocenters. The molecule has 0 fully saturated rings. The molecule has 35 heavy (non-hydrogen) atoms. The predicted octanol–water partition coefficient (Wildman–Crippen LogP) is 5.12. The molecular weight excluding hydrogens is 460 g/mol. The Kier molecular flexibility index (Phi) is 13.3. The number of aromatic nitrogens is 2. The Morgan fingerprint density at radius 2 is 1.63 bits per heavy atom. The number of hydrogen-bond donors (Lipinski definition) is 3. The highest BCUT2D eigenvalue weighted by Gasteiger charge is 2.05. The van der Waals surface area contributed by atoms with Crippen molar-refractivity contribution in [1.82, 2.24) is 15.3 Å². The van der Waals surface area contributed by atoms with E-state index >= 15 is 0 Å². The zero-order chi connectivity index (χ0) is 26.2. The lowest BCUT2D eigenvalue weighted by Gasteiger charge is -2.11. The van der Waals surface area contributed by atoms with Gasteiger partial charge in [-0.25, -0.2) is 9.35 Å². The lowest BCUT2D eigenvalue weighted by atomic mass is 10.2. The first-order chi connectivity index (χ1) is 16.9. The van der Waals surface area contributed by atoms with Gasteiger partial charge in [-0.1, -0.05) is 28.4 Å². The standard InChI is InChI=1S/C23H28N6OS.C2H4.CH2O/c1-16-5-7-20(8-6-16)29-31(4)21-11-9-19(10-12-21)27-23-26-15-17(2)22(28-23)25-14-13-24-18(3)30;2*1-2/h5-12,15H,13-14H2,1-4H3,(H,24,30)(H2,25,26,27,28);1-2H2;1H2. The Labute approximate surface area is 210 Å². The van der Waals surface area contributed by atoms with Crippen LogP contribution in [0.3, 0.4) is 0 Å². The molecule has 1 aromatic heterocycles. The van der Waals surface area contributed by atoms with E-state index in [0.29, 0.717) is 19.0 Å². The zero-order valence-corrected chi connectivity index (χ0v) is 21.6. The van der Waals surface area contributed by atoms with Crippen molar-refractivity contribution in [2.75, 3.05) is 30.0 Å². The maximum Gasteiger partial charge on any atom is 0.229 e. The monoisotopic (exact) mass is 494 g/mol. The smallest absolute Gasteiger partial charge is 0.229 e. The van der Waals surface area contributed by atoms with Crippen LogP contribution in [0.1, 0.15) is 18.1 Å². The van der Waals surface area contributed by atoms with Crippen molar-refractivity contribution in [3.8, 4) is 0 Å². The second-order valence-corrected chi connectivity index (χ2v) is 8.80. The van der Waals surface area contributed by atoms with Crippen LogP contribution in [0.25, 0.3) is 0 Å². The summed E-state index contributed by atoms with van der Waals surface area (Å²) >= 11 is 0. The van der Waals surface area contributed by atoms with Crippen molar-refractivity contribution in [3.63, 3.8) is 0 Å². The van der Waals surface area contributed by atoms with Gasteiger partial charge in [0.05, 0.1) is 5.69 Å². The third-order valence-electron chi connectivity index (χ3n) is 4.49. The Hall–Kier alpha value is -3.85. The van der Waals surface area contributed by atoms with Crippen LogP contribution in [-0.4, -0.2) is 42.0 Å². The lowest BCUT2D eigenvalue weighted by molar-refractivity contribution is -0.118. The zero-order valence-electron chi connectivity index (χ0n) is 20.8. The molecule has 0 aliphatic rings. The Morgan fingerprint density at radius 1 is 1.00 bits per heavy atom. The van der Waals surface area contributed by atoms with E-state index in [4.69, 9.17) is 9.16 Å². The van der Waals surface area contributed by atoms with Gasteiger partial charge >= 0.3 is 0 Å². The van der Waals surface area contributed by atoms with Gasteiger partial charge < -0.3 is 20.7 Å². The van der Waals surface area contributed by atoms with Crippen LogP contribution in [0.15, 0.2) is 77.1 Å². The van der Waals surface area contributed by atoms with Gasteiger partial charge in [0.25, 0.3) is 0 Å². The normalized spacial score (nSPS) is 10.6. The van der Waals surface area contributed by atoms with E-state index in [2.05, 4.69) is 76.5 Å². The fourth-order valence-electron chi connectivity index (χ4n) is 2.78. The highest BCUT2D eigenvalue weighted by Crippen LogP contribution is 2.21. The molecule has 0 bridgehead atoms. The molecular formula is C26H34N6O2S. The van der Waals surface area contributed by atoms with E-state index in [1.807, 2.05) is 38.0 Å². The van der Waals surface area contributed by atoms with E-state index in [-0.39, 0.29) is 16.6 Å². The van der Waals surface area contributed by atoms with Crippen LogP contribution >= 0.6 is 0 Å². The Bertz CT molecular complexity index is 1100. The molecule has 0 spiro atoms. The average molecular weight is 495 g/mol. The molecule has 2 aromatic carbocycles. The molecule has 1 heterocycles. The third-order valence-corrected chi connectivity index (χ3v) is 5.93. The minimum atomic E-state index is -0.235. The second kappa shape index (κ2) is 15.9. The van der Waals surface area contributed by atoms with Gasteiger partial charge in [0.15, 0.2) is 0 Å². The summed E-state index contributed by atoms with van der Waals surface area (Å²) in [5.74, 6) is 1.21. The van der Waals surface area contributed by atoms with E-state index in [1.54, 1.807) is 6.20 Å². The number of carbonyl (C=O) groups excluding carboxylic acids is 2. The van der Waals surface area contributed by atoms with Crippen molar-refractivity contribution in [2.45, 2.75) is 25.7 Å². The van der Waals surface area contributed by atoms with Gasteiger partial charge in [0.1, 0.15) is 12.6 Å². The summed E-state index contributed by atoms with van der Waals surface area (Å²) in [6.07, 6.45) is 3.89. The van der Waals surface area contributed by atoms with Crippen molar-refractivity contribution < 1.29 is 9.59 Å². The lowest BCUT2D eigenvalue weighted by Crippen LogP contribution is -2.26. The first-order valence-electron chi connectivity index (χ1n) is 10.8. The van der Waals surface area contributed by atoms with Crippen LogP contribution in [0.4, 0.5) is 23.1 Å². The largest absolute Gasteiger partial charge is 0.368 e. The van der Waals surface area contributed by atoms with Crippen LogP contribution in [0, 0.1) is 13.8 Å². The first-order valence-corrected chi connectivity index (χ1v) is 12.4. The number of benzene rings is 2. The van der Waals surface area contributed by atoms with E-state index in [1.165, 1.54) is 12.5 Å². The molecule has 1 unspecified atom stereocenters. The quantitative estimate of drug-likeness (QED) is 0.296. The predicted molar refractivity (Wildman–Crippen MR) is 147 cm³/mol. The second-order valence-electron chi connectivity index (χ2n) is 7.19. The number of carbonyl (C=O) groups is 2. The Balaban J connectivity index is 0.00000145. The van der Waals surface area contributed by atoms with Gasteiger partial charge in [-0.3, -0.25) is 4.79 Å². The molecule has 186 valence electrons. The van der Waals surface area contributed by atoms with Crippen molar-refractivity contribution in [2.24, 2.45) is 4.36 Å². The average Bonchev–Trinajstić information content (AvgIpc) is 2.88. The molecule has 0 aliphatic heterocycles. The number of nitrogens with zero attached hydrogens (tertiary/aromatic N) is 3. The molecule has 0 radical (unpaired) electrons. The summed E-state index contributed by atoms with van der Waals surface area (Å²) in [6, 6.07) is 16.4. The van der Waals surface area contributed by atoms with Gasteiger partial charge in [-0.2, -0.15) is 4.98 Å². The maximum atomic E-state index is 11.0. The SMILES string of the molecule is C=C.C=O.CC(=O)NCCNc1nc(Nc2ccc(S(C)=Nc3ccc(C)cc3)cc2)ncc1C.